The Bertz CT molecular complexity index is 1400. The van der Waals surface area contributed by atoms with Crippen molar-refractivity contribution in [3.63, 3.8) is 0 Å². The highest BCUT2D eigenvalue weighted by atomic mass is 16.1. The molecule has 4 heteroatoms. The predicted octanol–water partition coefficient (Wildman–Crippen LogP) is 5.04. The Kier molecular flexibility index (Phi) is 4.17. The smallest absolute Gasteiger partial charge is 0.259 e. The predicted molar refractivity (Wildman–Crippen MR) is 117 cm³/mol. The van der Waals surface area contributed by atoms with Gasteiger partial charge in [0.05, 0.1) is 16.4 Å². The van der Waals surface area contributed by atoms with Crippen LogP contribution in [-0.4, -0.2) is 15.0 Å². The SMILES string of the molecule is Cc1c(-c2ccnc3ccccc23)ccc2nc(Cc3ccccc3)[nH]c(=O)c12. The molecular formula is C25H19N3O. The second kappa shape index (κ2) is 6.99. The molecule has 0 aliphatic carbocycles. The van der Waals surface area contributed by atoms with Crippen molar-refractivity contribution < 1.29 is 0 Å². The van der Waals surface area contributed by atoms with Gasteiger partial charge in [0.25, 0.3) is 5.56 Å². The van der Waals surface area contributed by atoms with Gasteiger partial charge in [0.2, 0.25) is 0 Å². The van der Waals surface area contributed by atoms with Crippen molar-refractivity contribution in [2.75, 3.05) is 0 Å². The van der Waals surface area contributed by atoms with Crippen LogP contribution in [0.25, 0.3) is 32.9 Å². The highest BCUT2D eigenvalue weighted by Crippen LogP contribution is 2.32. The normalized spacial score (nSPS) is 11.2. The molecule has 0 radical (unpaired) electrons. The van der Waals surface area contributed by atoms with Crippen LogP contribution in [-0.2, 0) is 6.42 Å². The van der Waals surface area contributed by atoms with Crippen molar-refractivity contribution in [3.8, 4) is 11.1 Å². The molecule has 0 bridgehead atoms. The molecule has 0 unspecified atom stereocenters. The van der Waals surface area contributed by atoms with Gasteiger partial charge >= 0.3 is 0 Å². The maximum Gasteiger partial charge on any atom is 0.259 e. The molecule has 0 saturated carbocycles. The van der Waals surface area contributed by atoms with Crippen molar-refractivity contribution in [2.24, 2.45) is 0 Å². The van der Waals surface area contributed by atoms with Gasteiger partial charge in [0.15, 0.2) is 0 Å². The molecular weight excluding hydrogens is 358 g/mol. The molecule has 4 nitrogen and oxygen atoms in total. The Morgan fingerprint density at radius 2 is 1.62 bits per heavy atom. The van der Waals surface area contributed by atoms with E-state index in [0.29, 0.717) is 17.6 Å². The number of pyridine rings is 1. The van der Waals surface area contributed by atoms with Gasteiger partial charge in [-0.1, -0.05) is 54.6 Å². The summed E-state index contributed by atoms with van der Waals surface area (Å²) in [6.45, 7) is 1.99. The third kappa shape index (κ3) is 3.09. The fraction of sp³-hybridized carbons (Fsp3) is 0.0800. The highest BCUT2D eigenvalue weighted by molar-refractivity contribution is 5.98. The van der Waals surface area contributed by atoms with Gasteiger partial charge in [-0.25, -0.2) is 4.98 Å². The van der Waals surface area contributed by atoms with Crippen molar-refractivity contribution in [3.05, 3.63) is 106 Å². The van der Waals surface area contributed by atoms with Gasteiger partial charge in [-0.3, -0.25) is 9.78 Å². The molecule has 1 N–H and O–H groups in total. The largest absolute Gasteiger partial charge is 0.310 e. The van der Waals surface area contributed by atoms with Gasteiger partial charge < -0.3 is 4.98 Å². The molecule has 0 spiro atoms. The lowest BCUT2D eigenvalue weighted by molar-refractivity contribution is 0.972. The number of para-hydroxylation sites is 1. The quantitative estimate of drug-likeness (QED) is 0.479. The van der Waals surface area contributed by atoms with Crippen LogP contribution in [0.3, 0.4) is 0 Å². The van der Waals surface area contributed by atoms with Crippen LogP contribution in [0, 0.1) is 6.92 Å². The van der Waals surface area contributed by atoms with Crippen LogP contribution < -0.4 is 5.56 Å². The van der Waals surface area contributed by atoms with E-state index in [1.807, 2.05) is 73.8 Å². The maximum absolute atomic E-state index is 12.9. The minimum atomic E-state index is -0.0985. The first-order valence-electron chi connectivity index (χ1n) is 9.61. The van der Waals surface area contributed by atoms with Gasteiger partial charge in [-0.05, 0) is 47.4 Å². The molecule has 0 aliphatic rings. The summed E-state index contributed by atoms with van der Waals surface area (Å²) >= 11 is 0. The van der Waals surface area contributed by atoms with E-state index in [1.54, 1.807) is 0 Å². The molecule has 29 heavy (non-hydrogen) atoms. The molecule has 0 atom stereocenters. The molecule has 3 aromatic carbocycles. The van der Waals surface area contributed by atoms with E-state index in [1.165, 1.54) is 0 Å². The second-order valence-corrected chi connectivity index (χ2v) is 7.18. The number of aromatic amines is 1. The lowest BCUT2D eigenvalue weighted by Crippen LogP contribution is -2.13. The monoisotopic (exact) mass is 377 g/mol. The topological polar surface area (TPSA) is 58.6 Å². The Balaban J connectivity index is 1.66. The van der Waals surface area contributed by atoms with Crippen LogP contribution in [0.1, 0.15) is 17.0 Å². The summed E-state index contributed by atoms with van der Waals surface area (Å²) in [6, 6.07) is 24.1. The zero-order chi connectivity index (χ0) is 19.8. The highest BCUT2D eigenvalue weighted by Gasteiger charge is 2.13. The van der Waals surface area contributed by atoms with Gasteiger partial charge in [-0.2, -0.15) is 0 Å². The Morgan fingerprint density at radius 1 is 0.828 bits per heavy atom. The summed E-state index contributed by atoms with van der Waals surface area (Å²) in [5, 5.41) is 1.71. The van der Waals surface area contributed by atoms with E-state index >= 15 is 0 Å². The van der Waals surface area contributed by atoms with Gasteiger partial charge in [0.1, 0.15) is 5.82 Å². The van der Waals surface area contributed by atoms with Crippen molar-refractivity contribution in [1.29, 1.82) is 0 Å². The van der Waals surface area contributed by atoms with E-state index in [0.717, 1.165) is 38.7 Å². The fourth-order valence-electron chi connectivity index (χ4n) is 3.94. The molecule has 2 aromatic heterocycles. The van der Waals surface area contributed by atoms with E-state index in [4.69, 9.17) is 4.98 Å². The van der Waals surface area contributed by atoms with Crippen LogP contribution in [0.5, 0.6) is 0 Å². The maximum atomic E-state index is 12.9. The van der Waals surface area contributed by atoms with E-state index in [-0.39, 0.29) is 5.56 Å². The van der Waals surface area contributed by atoms with Crippen molar-refractivity contribution in [2.45, 2.75) is 13.3 Å². The molecule has 0 saturated heterocycles. The minimum absolute atomic E-state index is 0.0985. The minimum Gasteiger partial charge on any atom is -0.310 e. The zero-order valence-corrected chi connectivity index (χ0v) is 16.0. The number of rotatable bonds is 3. The van der Waals surface area contributed by atoms with E-state index in [2.05, 4.69) is 22.1 Å². The standard InChI is InChI=1S/C25H19N3O/c1-16-18(19-13-14-26-21-10-6-5-9-20(19)21)11-12-22-24(16)25(29)28-23(27-22)15-17-7-3-2-4-8-17/h2-14H,15H2,1H3,(H,27,28,29). The van der Waals surface area contributed by atoms with Gasteiger partial charge in [0, 0.05) is 18.0 Å². The fourth-order valence-corrected chi connectivity index (χ4v) is 3.94. The number of H-pyrrole nitrogens is 1. The Morgan fingerprint density at radius 3 is 2.48 bits per heavy atom. The molecule has 0 aliphatic heterocycles. The molecule has 5 rings (SSSR count). The molecule has 140 valence electrons. The summed E-state index contributed by atoms with van der Waals surface area (Å²) in [5.41, 5.74) is 5.71. The molecule has 0 fully saturated rings. The summed E-state index contributed by atoms with van der Waals surface area (Å²) in [6.07, 6.45) is 2.41. The lowest BCUT2D eigenvalue weighted by Gasteiger charge is -2.12. The molecule has 5 aromatic rings. The number of hydrogen-bond donors (Lipinski definition) is 1. The third-order valence-corrected chi connectivity index (χ3v) is 5.34. The van der Waals surface area contributed by atoms with Crippen molar-refractivity contribution >= 4 is 21.8 Å². The second-order valence-electron chi connectivity index (χ2n) is 7.18. The first-order chi connectivity index (χ1) is 14.2. The van der Waals surface area contributed by atoms with Gasteiger partial charge in [-0.15, -0.1) is 0 Å². The average molecular weight is 377 g/mol. The Hall–Kier alpha value is -3.79. The Labute approximate surface area is 167 Å². The number of hydrogen-bond acceptors (Lipinski definition) is 3. The zero-order valence-electron chi connectivity index (χ0n) is 16.0. The number of benzene rings is 3. The van der Waals surface area contributed by atoms with Crippen LogP contribution in [0.2, 0.25) is 0 Å². The first kappa shape index (κ1) is 17.3. The number of aryl methyl sites for hydroxylation is 1. The summed E-state index contributed by atoms with van der Waals surface area (Å²) in [4.78, 5) is 25.1. The third-order valence-electron chi connectivity index (χ3n) is 5.34. The number of nitrogens with zero attached hydrogens (tertiary/aromatic N) is 2. The number of fused-ring (bicyclic) bond motifs is 2. The van der Waals surface area contributed by atoms with Crippen LogP contribution in [0.15, 0.2) is 83.8 Å². The summed E-state index contributed by atoms with van der Waals surface area (Å²) < 4.78 is 0. The lowest BCUT2D eigenvalue weighted by atomic mass is 9.95. The van der Waals surface area contributed by atoms with E-state index in [9.17, 15) is 4.79 Å². The summed E-state index contributed by atoms with van der Waals surface area (Å²) in [7, 11) is 0. The summed E-state index contributed by atoms with van der Waals surface area (Å²) in [5.74, 6) is 0.676. The average Bonchev–Trinajstić information content (AvgIpc) is 2.74. The molecule has 0 amide bonds. The van der Waals surface area contributed by atoms with E-state index < -0.39 is 0 Å². The van der Waals surface area contributed by atoms with Crippen LogP contribution >= 0.6 is 0 Å². The van der Waals surface area contributed by atoms with Crippen molar-refractivity contribution in [1.82, 2.24) is 15.0 Å². The molecule has 2 heterocycles. The number of nitrogens with one attached hydrogen (secondary N) is 1. The van der Waals surface area contributed by atoms with Crippen LogP contribution in [0.4, 0.5) is 0 Å². The first-order valence-corrected chi connectivity index (χ1v) is 9.61. The number of aromatic nitrogens is 3.